The Balaban J connectivity index is 1.89. The molecule has 1 aliphatic rings. The Morgan fingerprint density at radius 3 is 2.80 bits per heavy atom. The average molecular weight is 274 g/mol. The van der Waals surface area contributed by atoms with E-state index in [1.807, 2.05) is 12.1 Å². The van der Waals surface area contributed by atoms with Crippen LogP contribution in [-0.4, -0.2) is 19.0 Å². The van der Waals surface area contributed by atoms with Gasteiger partial charge in [-0.15, -0.1) is 0 Å². The van der Waals surface area contributed by atoms with Crippen LogP contribution in [0.1, 0.15) is 33.3 Å². The first-order chi connectivity index (χ1) is 9.38. The van der Waals surface area contributed by atoms with E-state index in [2.05, 4.69) is 50.5 Å². The van der Waals surface area contributed by atoms with Crippen molar-refractivity contribution in [2.24, 2.45) is 17.3 Å². The van der Waals surface area contributed by atoms with Crippen molar-refractivity contribution >= 4 is 11.6 Å². The van der Waals surface area contributed by atoms with Gasteiger partial charge >= 0.3 is 0 Å². The van der Waals surface area contributed by atoms with Gasteiger partial charge in [0.2, 0.25) is 5.91 Å². The molecular formula is C17H26N2O. The lowest BCUT2D eigenvalue weighted by molar-refractivity contribution is -0.124. The number of carbonyl (C=O) groups excluding carboxylic acids is 1. The molecule has 0 fully saturated rings. The van der Waals surface area contributed by atoms with E-state index in [-0.39, 0.29) is 17.2 Å². The summed E-state index contributed by atoms with van der Waals surface area (Å²) < 4.78 is 0. The van der Waals surface area contributed by atoms with Crippen LogP contribution in [0.2, 0.25) is 0 Å². The SMILES string of the molecule is CC(CNC(=O)C1CNc2ccccc2C1)C(C)(C)C. The third kappa shape index (κ3) is 3.53. The topological polar surface area (TPSA) is 41.1 Å². The van der Waals surface area contributed by atoms with Crippen LogP contribution in [0.5, 0.6) is 0 Å². The molecule has 2 atom stereocenters. The Kier molecular flexibility index (Phi) is 4.36. The third-order valence-corrected chi connectivity index (χ3v) is 4.45. The number of benzene rings is 1. The van der Waals surface area contributed by atoms with Crippen LogP contribution < -0.4 is 10.6 Å². The van der Waals surface area contributed by atoms with Crippen molar-refractivity contribution in [1.82, 2.24) is 5.32 Å². The summed E-state index contributed by atoms with van der Waals surface area (Å²) in [5.41, 5.74) is 2.63. The number of anilines is 1. The Morgan fingerprint density at radius 2 is 2.10 bits per heavy atom. The monoisotopic (exact) mass is 274 g/mol. The van der Waals surface area contributed by atoms with Crippen molar-refractivity contribution in [3.05, 3.63) is 29.8 Å². The molecule has 20 heavy (non-hydrogen) atoms. The number of para-hydroxylation sites is 1. The maximum absolute atomic E-state index is 12.3. The summed E-state index contributed by atoms with van der Waals surface area (Å²) in [4.78, 5) is 12.3. The molecule has 1 heterocycles. The van der Waals surface area contributed by atoms with Crippen molar-refractivity contribution in [2.45, 2.75) is 34.1 Å². The summed E-state index contributed by atoms with van der Waals surface area (Å²) in [6.45, 7) is 10.3. The average Bonchev–Trinajstić information content (AvgIpc) is 2.42. The highest BCUT2D eigenvalue weighted by molar-refractivity contribution is 5.80. The zero-order chi connectivity index (χ0) is 14.8. The van der Waals surface area contributed by atoms with Crippen LogP contribution >= 0.6 is 0 Å². The second-order valence-corrected chi connectivity index (χ2v) is 6.95. The van der Waals surface area contributed by atoms with E-state index in [0.717, 1.165) is 19.5 Å². The number of nitrogens with one attached hydrogen (secondary N) is 2. The number of carbonyl (C=O) groups is 1. The number of rotatable bonds is 3. The fourth-order valence-corrected chi connectivity index (χ4v) is 2.33. The van der Waals surface area contributed by atoms with Gasteiger partial charge in [-0.2, -0.15) is 0 Å². The molecule has 0 saturated carbocycles. The molecule has 3 heteroatoms. The summed E-state index contributed by atoms with van der Waals surface area (Å²) in [6, 6.07) is 8.23. The van der Waals surface area contributed by atoms with Crippen LogP contribution in [-0.2, 0) is 11.2 Å². The van der Waals surface area contributed by atoms with E-state index in [9.17, 15) is 4.79 Å². The fourth-order valence-electron chi connectivity index (χ4n) is 2.33. The molecule has 0 radical (unpaired) electrons. The van der Waals surface area contributed by atoms with E-state index in [1.54, 1.807) is 0 Å². The van der Waals surface area contributed by atoms with Gasteiger partial charge in [-0.3, -0.25) is 4.79 Å². The molecule has 1 amide bonds. The van der Waals surface area contributed by atoms with Crippen molar-refractivity contribution in [1.29, 1.82) is 0 Å². The van der Waals surface area contributed by atoms with Gasteiger partial charge < -0.3 is 10.6 Å². The molecule has 2 rings (SSSR count). The Morgan fingerprint density at radius 1 is 1.40 bits per heavy atom. The predicted molar refractivity (Wildman–Crippen MR) is 83.8 cm³/mol. The van der Waals surface area contributed by atoms with Gasteiger partial charge in [-0.25, -0.2) is 0 Å². The highest BCUT2D eigenvalue weighted by Crippen LogP contribution is 2.26. The van der Waals surface area contributed by atoms with Gasteiger partial charge in [-0.05, 0) is 29.4 Å². The first-order valence-electron chi connectivity index (χ1n) is 7.47. The van der Waals surface area contributed by atoms with Crippen molar-refractivity contribution in [2.75, 3.05) is 18.4 Å². The van der Waals surface area contributed by atoms with Crippen molar-refractivity contribution in [3.8, 4) is 0 Å². The second-order valence-electron chi connectivity index (χ2n) is 6.95. The Labute approximate surface area is 122 Å². The standard InChI is InChI=1S/C17H26N2O/c1-12(17(2,3)4)10-19-16(20)14-9-13-7-5-6-8-15(13)18-11-14/h5-8,12,14,18H,9-11H2,1-4H3,(H,19,20). The molecule has 3 nitrogen and oxygen atoms in total. The summed E-state index contributed by atoms with van der Waals surface area (Å²) in [5, 5.41) is 6.46. The quantitative estimate of drug-likeness (QED) is 0.889. The van der Waals surface area contributed by atoms with E-state index < -0.39 is 0 Å². The van der Waals surface area contributed by atoms with Gasteiger partial charge in [0.05, 0.1) is 5.92 Å². The normalized spacial score (nSPS) is 19.7. The largest absolute Gasteiger partial charge is 0.384 e. The highest BCUT2D eigenvalue weighted by Gasteiger charge is 2.26. The lowest BCUT2D eigenvalue weighted by Crippen LogP contribution is -2.41. The van der Waals surface area contributed by atoms with Crippen molar-refractivity contribution in [3.63, 3.8) is 0 Å². The molecule has 2 unspecified atom stereocenters. The number of hydrogen-bond acceptors (Lipinski definition) is 2. The van der Waals surface area contributed by atoms with Crippen LogP contribution in [0.3, 0.4) is 0 Å². The number of hydrogen-bond donors (Lipinski definition) is 2. The minimum atomic E-state index is 0.0390. The molecule has 1 aromatic rings. The molecule has 0 bridgehead atoms. The van der Waals surface area contributed by atoms with E-state index in [4.69, 9.17) is 0 Å². The summed E-state index contributed by atoms with van der Waals surface area (Å²) in [7, 11) is 0. The molecule has 0 aliphatic carbocycles. The van der Waals surface area contributed by atoms with E-state index in [0.29, 0.717) is 5.92 Å². The maximum Gasteiger partial charge on any atom is 0.225 e. The first-order valence-corrected chi connectivity index (χ1v) is 7.47. The number of fused-ring (bicyclic) bond motifs is 1. The van der Waals surface area contributed by atoms with Crippen LogP contribution in [0.15, 0.2) is 24.3 Å². The summed E-state index contributed by atoms with van der Waals surface area (Å²) in [5.74, 6) is 0.676. The lowest BCUT2D eigenvalue weighted by Gasteiger charge is -2.29. The van der Waals surface area contributed by atoms with Crippen LogP contribution in [0, 0.1) is 17.3 Å². The van der Waals surface area contributed by atoms with E-state index in [1.165, 1.54) is 11.3 Å². The smallest absolute Gasteiger partial charge is 0.225 e. The van der Waals surface area contributed by atoms with Gasteiger partial charge in [0.15, 0.2) is 0 Å². The summed E-state index contributed by atoms with van der Waals surface area (Å²) in [6.07, 6.45) is 0.832. The minimum absolute atomic E-state index is 0.0390. The molecule has 0 saturated heterocycles. The molecule has 110 valence electrons. The van der Waals surface area contributed by atoms with Crippen molar-refractivity contribution < 1.29 is 4.79 Å². The van der Waals surface area contributed by atoms with Gasteiger partial charge in [-0.1, -0.05) is 45.9 Å². The molecule has 1 aromatic carbocycles. The first kappa shape index (κ1) is 14.9. The van der Waals surface area contributed by atoms with Gasteiger partial charge in [0, 0.05) is 18.8 Å². The zero-order valence-electron chi connectivity index (χ0n) is 13.0. The van der Waals surface area contributed by atoms with Crippen LogP contribution in [0.4, 0.5) is 5.69 Å². The number of amides is 1. The molecular weight excluding hydrogens is 248 g/mol. The van der Waals surface area contributed by atoms with Gasteiger partial charge in [0.25, 0.3) is 0 Å². The minimum Gasteiger partial charge on any atom is -0.384 e. The lowest BCUT2D eigenvalue weighted by atomic mass is 9.82. The van der Waals surface area contributed by atoms with Crippen LogP contribution in [0.25, 0.3) is 0 Å². The van der Waals surface area contributed by atoms with Gasteiger partial charge in [0.1, 0.15) is 0 Å². The zero-order valence-corrected chi connectivity index (χ0v) is 13.0. The second kappa shape index (κ2) is 5.86. The Bertz CT molecular complexity index is 476. The molecule has 2 N–H and O–H groups in total. The fraction of sp³-hybridized carbons (Fsp3) is 0.588. The molecule has 0 spiro atoms. The highest BCUT2D eigenvalue weighted by atomic mass is 16.1. The maximum atomic E-state index is 12.3. The predicted octanol–water partition coefficient (Wildman–Crippen LogP) is 3.07. The Hall–Kier alpha value is -1.51. The third-order valence-electron chi connectivity index (χ3n) is 4.45. The molecule has 1 aliphatic heterocycles. The van der Waals surface area contributed by atoms with E-state index >= 15 is 0 Å². The summed E-state index contributed by atoms with van der Waals surface area (Å²) >= 11 is 0. The molecule has 0 aromatic heterocycles.